The highest BCUT2D eigenvalue weighted by molar-refractivity contribution is 5.90. The van der Waals surface area contributed by atoms with E-state index in [2.05, 4.69) is 44.1 Å². The molecule has 2 heterocycles. The van der Waals surface area contributed by atoms with Crippen LogP contribution in [-0.4, -0.2) is 24.6 Å². The number of benzene rings is 1. The van der Waals surface area contributed by atoms with Crippen molar-refractivity contribution in [1.29, 1.82) is 0 Å². The summed E-state index contributed by atoms with van der Waals surface area (Å²) in [6.45, 7) is 9.77. The number of carbonyl (C=O) groups excluding carboxylic acids is 1. The summed E-state index contributed by atoms with van der Waals surface area (Å²) in [7, 11) is 1.31. The van der Waals surface area contributed by atoms with Gasteiger partial charge in [0.15, 0.2) is 0 Å². The number of aryl methyl sites for hydroxylation is 1. The molecule has 0 saturated carbocycles. The van der Waals surface area contributed by atoms with Crippen LogP contribution >= 0.6 is 0 Å². The second-order valence-corrected chi connectivity index (χ2v) is 9.06. The van der Waals surface area contributed by atoms with Crippen LogP contribution < -0.4 is 10.9 Å². The van der Waals surface area contributed by atoms with Crippen LogP contribution in [0.4, 0.5) is 5.69 Å². The summed E-state index contributed by atoms with van der Waals surface area (Å²) >= 11 is 0. The van der Waals surface area contributed by atoms with Crippen LogP contribution in [0.3, 0.4) is 0 Å². The van der Waals surface area contributed by atoms with Crippen LogP contribution in [0.15, 0.2) is 16.9 Å². The van der Waals surface area contributed by atoms with E-state index in [1.54, 1.807) is 6.07 Å². The molecule has 0 spiro atoms. The lowest BCUT2D eigenvalue weighted by Crippen LogP contribution is -2.30. The maximum atomic E-state index is 12.7. The van der Waals surface area contributed by atoms with Gasteiger partial charge in [-0.2, -0.15) is 0 Å². The Bertz CT molecular complexity index is 1030. The van der Waals surface area contributed by atoms with Gasteiger partial charge in [0.25, 0.3) is 5.56 Å². The number of pyridine rings is 1. The van der Waals surface area contributed by atoms with Crippen LogP contribution in [0.5, 0.6) is 0 Å². The average Bonchev–Trinajstić information content (AvgIpc) is 2.66. The summed E-state index contributed by atoms with van der Waals surface area (Å²) in [5, 5.41) is 3.57. The molecule has 5 nitrogen and oxygen atoms in total. The maximum Gasteiger partial charge on any atom is 0.343 e. The van der Waals surface area contributed by atoms with E-state index >= 15 is 0 Å². The summed E-state index contributed by atoms with van der Waals surface area (Å²) < 4.78 is 4.82. The minimum atomic E-state index is -0.590. The Morgan fingerprint density at radius 1 is 1.21 bits per heavy atom. The molecule has 4 rings (SSSR count). The molecule has 1 aromatic carbocycles. The van der Waals surface area contributed by atoms with E-state index in [9.17, 15) is 9.59 Å². The number of methoxy groups -OCH3 is 1. The highest BCUT2D eigenvalue weighted by Gasteiger charge is 2.36. The van der Waals surface area contributed by atoms with E-state index in [1.807, 2.05) is 0 Å². The molecule has 0 radical (unpaired) electrons. The van der Waals surface area contributed by atoms with Gasteiger partial charge in [-0.15, -0.1) is 0 Å². The van der Waals surface area contributed by atoms with E-state index in [1.165, 1.54) is 29.5 Å². The van der Waals surface area contributed by atoms with Gasteiger partial charge in [0.05, 0.1) is 12.8 Å². The van der Waals surface area contributed by atoms with Crippen molar-refractivity contribution in [2.45, 2.75) is 52.9 Å². The van der Waals surface area contributed by atoms with Gasteiger partial charge in [-0.05, 0) is 71.9 Å². The number of H-pyrrole nitrogens is 1. The zero-order valence-corrected chi connectivity index (χ0v) is 17.3. The van der Waals surface area contributed by atoms with Gasteiger partial charge in [-0.25, -0.2) is 4.79 Å². The Labute approximate surface area is 165 Å². The standard InChI is InChI=1S/C23H28N2O3/c1-12-9-15-14(13-7-6-8-24-19(12)13)11-18(23(2,3)4)16-10-17(22(27)28-5)21(26)25-20(15)16/h9-10,18,24H,6-8,11H2,1-5H3,(H,25,26). The average molecular weight is 380 g/mol. The molecule has 0 saturated heterocycles. The summed E-state index contributed by atoms with van der Waals surface area (Å²) in [5.74, 6) is -0.391. The van der Waals surface area contributed by atoms with Crippen LogP contribution in [-0.2, 0) is 17.6 Å². The van der Waals surface area contributed by atoms with Crippen LogP contribution in [0.1, 0.15) is 65.7 Å². The number of ether oxygens (including phenoxy) is 1. The fourth-order valence-electron chi connectivity index (χ4n) is 4.78. The van der Waals surface area contributed by atoms with Gasteiger partial charge < -0.3 is 15.0 Å². The zero-order valence-electron chi connectivity index (χ0n) is 17.3. The molecule has 2 aromatic rings. The molecule has 0 bridgehead atoms. The number of aromatic nitrogens is 1. The number of fused-ring (bicyclic) bond motifs is 5. The third-order valence-electron chi connectivity index (χ3n) is 6.23. The lowest BCUT2D eigenvalue weighted by Gasteiger charge is -2.38. The number of esters is 1. The first-order valence-corrected chi connectivity index (χ1v) is 9.97. The van der Waals surface area contributed by atoms with Crippen molar-refractivity contribution < 1.29 is 9.53 Å². The first-order valence-electron chi connectivity index (χ1n) is 9.97. The summed E-state index contributed by atoms with van der Waals surface area (Å²) in [6.07, 6.45) is 3.08. The lowest BCUT2D eigenvalue weighted by molar-refractivity contribution is 0.0598. The first-order chi connectivity index (χ1) is 13.2. The van der Waals surface area contributed by atoms with Crippen molar-refractivity contribution in [3.05, 3.63) is 50.3 Å². The Morgan fingerprint density at radius 3 is 2.64 bits per heavy atom. The van der Waals surface area contributed by atoms with Gasteiger partial charge >= 0.3 is 5.97 Å². The Hall–Kier alpha value is -2.56. The molecule has 1 unspecified atom stereocenters. The van der Waals surface area contributed by atoms with Crippen molar-refractivity contribution in [3.63, 3.8) is 0 Å². The van der Waals surface area contributed by atoms with Gasteiger partial charge in [0, 0.05) is 17.8 Å². The van der Waals surface area contributed by atoms with Crippen LogP contribution in [0, 0.1) is 12.3 Å². The summed E-state index contributed by atoms with van der Waals surface area (Å²) in [5.41, 5.74) is 7.84. The van der Waals surface area contributed by atoms with Crippen LogP contribution in [0.2, 0.25) is 0 Å². The highest BCUT2D eigenvalue weighted by Crippen LogP contribution is 2.49. The normalized spacial score (nSPS) is 17.8. The Balaban J connectivity index is 2.03. The molecule has 1 aliphatic heterocycles. The molecule has 1 atom stereocenters. The molecular formula is C23H28N2O3. The smallest absolute Gasteiger partial charge is 0.343 e. The van der Waals surface area contributed by atoms with E-state index in [0.717, 1.165) is 42.6 Å². The maximum absolute atomic E-state index is 12.7. The number of hydrogen-bond acceptors (Lipinski definition) is 4. The second-order valence-electron chi connectivity index (χ2n) is 9.06. The molecule has 0 amide bonds. The Kier molecular flexibility index (Phi) is 4.36. The molecule has 1 aromatic heterocycles. The van der Waals surface area contributed by atoms with Crippen molar-refractivity contribution in [2.24, 2.45) is 5.41 Å². The van der Waals surface area contributed by atoms with Gasteiger partial charge in [-0.1, -0.05) is 20.8 Å². The summed E-state index contributed by atoms with van der Waals surface area (Å²) in [6, 6.07) is 3.93. The lowest BCUT2D eigenvalue weighted by atomic mass is 9.67. The van der Waals surface area contributed by atoms with Crippen molar-refractivity contribution >= 4 is 11.7 Å². The van der Waals surface area contributed by atoms with E-state index in [4.69, 9.17) is 4.74 Å². The quantitative estimate of drug-likeness (QED) is 0.728. The SMILES string of the molecule is COC(=O)c1cc2c([nH]c1=O)-c1cc(C)c3c(c1CC2C(C)(C)C)CCCN3. The zero-order chi connectivity index (χ0) is 20.2. The molecular weight excluding hydrogens is 352 g/mol. The number of aromatic amines is 1. The van der Waals surface area contributed by atoms with Gasteiger partial charge in [0.2, 0.25) is 0 Å². The van der Waals surface area contributed by atoms with Gasteiger partial charge in [0.1, 0.15) is 5.56 Å². The fourth-order valence-corrected chi connectivity index (χ4v) is 4.78. The first kappa shape index (κ1) is 18.8. The number of hydrogen-bond donors (Lipinski definition) is 2. The molecule has 28 heavy (non-hydrogen) atoms. The molecule has 2 N–H and O–H groups in total. The highest BCUT2D eigenvalue weighted by atomic mass is 16.5. The molecule has 1 aliphatic carbocycles. The van der Waals surface area contributed by atoms with E-state index in [-0.39, 0.29) is 22.5 Å². The minimum absolute atomic E-state index is 0.0159. The van der Waals surface area contributed by atoms with Crippen molar-refractivity contribution in [2.75, 3.05) is 19.0 Å². The number of carbonyl (C=O) groups is 1. The predicted octanol–water partition coefficient (Wildman–Crippen LogP) is 4.18. The predicted molar refractivity (Wildman–Crippen MR) is 111 cm³/mol. The van der Waals surface area contributed by atoms with Crippen molar-refractivity contribution in [3.8, 4) is 11.3 Å². The molecule has 0 fully saturated rings. The van der Waals surface area contributed by atoms with Crippen LogP contribution in [0.25, 0.3) is 11.3 Å². The minimum Gasteiger partial charge on any atom is -0.465 e. The largest absolute Gasteiger partial charge is 0.465 e. The molecule has 5 heteroatoms. The van der Waals surface area contributed by atoms with E-state index < -0.39 is 5.97 Å². The molecule has 148 valence electrons. The number of anilines is 1. The third kappa shape index (κ3) is 2.84. The van der Waals surface area contributed by atoms with Crippen molar-refractivity contribution in [1.82, 2.24) is 4.98 Å². The topological polar surface area (TPSA) is 71.2 Å². The fraction of sp³-hybridized carbons (Fsp3) is 0.478. The Morgan fingerprint density at radius 2 is 1.96 bits per heavy atom. The third-order valence-corrected chi connectivity index (χ3v) is 6.23. The molecule has 2 aliphatic rings. The second kappa shape index (κ2) is 6.50. The van der Waals surface area contributed by atoms with E-state index in [0.29, 0.717) is 0 Å². The monoisotopic (exact) mass is 380 g/mol. The number of rotatable bonds is 1. The number of nitrogens with one attached hydrogen (secondary N) is 2. The van der Waals surface area contributed by atoms with Gasteiger partial charge in [-0.3, -0.25) is 4.79 Å². The summed E-state index contributed by atoms with van der Waals surface area (Å²) in [4.78, 5) is 27.8.